The van der Waals surface area contributed by atoms with Crippen LogP contribution in [0.4, 0.5) is 5.69 Å². The van der Waals surface area contributed by atoms with Gasteiger partial charge in [0.1, 0.15) is 12.7 Å². The van der Waals surface area contributed by atoms with Crippen LogP contribution in [0.3, 0.4) is 0 Å². The normalized spacial score (nSPS) is 11.5. The number of rotatable bonds is 3. The predicted molar refractivity (Wildman–Crippen MR) is 46.4 cm³/mol. The molecule has 1 unspecified atom stereocenters. The molecule has 1 atom stereocenters. The Hall–Kier alpha value is -0.210. The molecule has 0 amide bonds. The number of aryl methyl sites for hydroxylation is 1. The molecule has 1 heterocycles. The van der Waals surface area contributed by atoms with Gasteiger partial charge < -0.3 is 24.0 Å². The Morgan fingerprint density at radius 2 is 2.31 bits per heavy atom. The highest BCUT2D eigenvalue weighted by Gasteiger charge is 2.00. The van der Waals surface area contributed by atoms with Gasteiger partial charge >= 0.3 is 0 Å². The maximum absolute atomic E-state index is 10.9. The van der Waals surface area contributed by atoms with Crippen LogP contribution in [-0.2, 0) is 22.5 Å². The Balaban J connectivity index is 0.00000144. The second kappa shape index (κ2) is 6.28. The number of hydrogen-bond acceptors (Lipinski definition) is 2. The van der Waals surface area contributed by atoms with E-state index in [4.69, 9.17) is 0 Å². The maximum Gasteiger partial charge on any atom is 0.261 e. The molecule has 74 valence electrons. The third-order valence-corrected chi connectivity index (χ3v) is 2.00. The van der Waals surface area contributed by atoms with E-state index in [1.54, 1.807) is 0 Å². The van der Waals surface area contributed by atoms with Gasteiger partial charge in [-0.25, -0.2) is 8.78 Å². The molecule has 0 saturated heterocycles. The lowest BCUT2D eigenvalue weighted by Gasteiger charge is -2.00. The molecule has 1 aromatic heterocycles. The van der Waals surface area contributed by atoms with Crippen LogP contribution in [0.5, 0.6) is 0 Å². The van der Waals surface area contributed by atoms with Crippen LogP contribution in [-0.4, -0.2) is 11.3 Å². The predicted octanol–water partition coefficient (Wildman–Crippen LogP) is -2.85. The van der Waals surface area contributed by atoms with Crippen molar-refractivity contribution >= 4 is 17.0 Å². The molecule has 0 bridgehead atoms. The third-order valence-electron chi connectivity index (χ3n) is 1.29. The van der Waals surface area contributed by atoms with E-state index in [1.165, 1.54) is 7.11 Å². The first-order valence-corrected chi connectivity index (χ1v) is 4.48. The molecule has 0 aromatic carbocycles. The van der Waals surface area contributed by atoms with Gasteiger partial charge in [-0.1, -0.05) is 0 Å². The fourth-order valence-electron chi connectivity index (χ4n) is 0.786. The van der Waals surface area contributed by atoms with E-state index >= 15 is 0 Å². The molecule has 0 aliphatic heterocycles. The lowest BCUT2D eigenvalue weighted by atomic mass is 10.4. The fraction of sp³-hybridized carbons (Fsp3) is 0.286. The number of aromatic nitrogens is 1. The molecule has 0 aliphatic carbocycles. The SMILES string of the molecule is COS(=O)Nc1ccc[n+](C)c1.[I-]. The van der Waals surface area contributed by atoms with E-state index in [0.717, 1.165) is 5.69 Å². The average molecular weight is 314 g/mol. The van der Waals surface area contributed by atoms with Crippen molar-refractivity contribution in [1.82, 2.24) is 0 Å². The van der Waals surface area contributed by atoms with Gasteiger partial charge in [-0.2, -0.15) is 0 Å². The second-order valence-electron chi connectivity index (χ2n) is 2.26. The van der Waals surface area contributed by atoms with Crippen molar-refractivity contribution in [1.29, 1.82) is 0 Å². The fourth-order valence-corrected chi connectivity index (χ4v) is 1.18. The summed E-state index contributed by atoms with van der Waals surface area (Å²) < 4.78 is 19.9. The summed E-state index contributed by atoms with van der Waals surface area (Å²) in [4.78, 5) is 0. The summed E-state index contributed by atoms with van der Waals surface area (Å²) in [5.41, 5.74) is 0.764. The van der Waals surface area contributed by atoms with Crippen LogP contribution in [0.15, 0.2) is 24.5 Å². The summed E-state index contributed by atoms with van der Waals surface area (Å²) in [7, 11) is 3.27. The molecule has 13 heavy (non-hydrogen) atoms. The van der Waals surface area contributed by atoms with Gasteiger partial charge in [-0.15, -0.1) is 0 Å². The molecule has 0 spiro atoms. The summed E-state index contributed by atoms with van der Waals surface area (Å²) in [6, 6.07) is 3.67. The van der Waals surface area contributed by atoms with Crippen molar-refractivity contribution in [3.05, 3.63) is 24.5 Å². The van der Waals surface area contributed by atoms with Gasteiger partial charge in [0.25, 0.3) is 11.3 Å². The highest BCUT2D eigenvalue weighted by molar-refractivity contribution is 7.81. The lowest BCUT2D eigenvalue weighted by molar-refractivity contribution is -0.670. The Labute approximate surface area is 97.1 Å². The van der Waals surface area contributed by atoms with Crippen LogP contribution in [0.2, 0.25) is 0 Å². The highest BCUT2D eigenvalue weighted by Crippen LogP contribution is 2.02. The lowest BCUT2D eigenvalue weighted by Crippen LogP contribution is -3.00. The number of pyridine rings is 1. The zero-order valence-corrected chi connectivity index (χ0v) is 10.3. The summed E-state index contributed by atoms with van der Waals surface area (Å²) in [5, 5.41) is 0. The van der Waals surface area contributed by atoms with Crippen LogP contribution in [0.25, 0.3) is 0 Å². The van der Waals surface area contributed by atoms with E-state index in [2.05, 4.69) is 8.91 Å². The van der Waals surface area contributed by atoms with E-state index < -0.39 is 11.3 Å². The summed E-state index contributed by atoms with van der Waals surface area (Å²) >= 11 is -1.45. The Morgan fingerprint density at radius 1 is 1.62 bits per heavy atom. The smallest absolute Gasteiger partial charge is 0.261 e. The zero-order valence-electron chi connectivity index (χ0n) is 7.36. The topological polar surface area (TPSA) is 42.2 Å². The van der Waals surface area contributed by atoms with Crippen molar-refractivity contribution < 1.29 is 36.9 Å². The Kier molecular flexibility index (Phi) is 6.17. The first-order valence-electron chi connectivity index (χ1n) is 3.40. The number of halogens is 1. The van der Waals surface area contributed by atoms with Gasteiger partial charge in [-0.3, -0.25) is 8.91 Å². The summed E-state index contributed by atoms with van der Waals surface area (Å²) in [6.45, 7) is 0. The van der Waals surface area contributed by atoms with Gasteiger partial charge in [0.05, 0.1) is 7.11 Å². The molecule has 1 rings (SSSR count). The van der Waals surface area contributed by atoms with Crippen molar-refractivity contribution in [3.8, 4) is 0 Å². The number of hydrogen-bond donors (Lipinski definition) is 1. The third kappa shape index (κ3) is 4.53. The highest BCUT2D eigenvalue weighted by atomic mass is 127. The minimum Gasteiger partial charge on any atom is -1.00 e. The standard InChI is InChI=1S/C7H11N2O2S.HI/c1-9-5-3-4-7(6-9)8-12(10)11-2;/h3-6,8H,1-2H3;1H/q+1;/p-1. The average Bonchev–Trinajstić information content (AvgIpc) is 2.04. The quantitative estimate of drug-likeness (QED) is 0.482. The van der Waals surface area contributed by atoms with Gasteiger partial charge in [-0.05, 0) is 6.07 Å². The van der Waals surface area contributed by atoms with Gasteiger partial charge in [0.15, 0.2) is 12.4 Å². The van der Waals surface area contributed by atoms with Crippen LogP contribution in [0, 0.1) is 0 Å². The Bertz CT molecular complexity index is 296. The van der Waals surface area contributed by atoms with E-state index in [-0.39, 0.29) is 24.0 Å². The first kappa shape index (κ1) is 12.8. The van der Waals surface area contributed by atoms with Crippen LogP contribution in [0.1, 0.15) is 0 Å². The van der Waals surface area contributed by atoms with Crippen LogP contribution < -0.4 is 33.3 Å². The van der Waals surface area contributed by atoms with E-state index in [1.807, 2.05) is 36.1 Å². The molecular weight excluding hydrogens is 303 g/mol. The number of nitrogens with zero attached hydrogens (tertiary/aromatic N) is 1. The number of nitrogens with one attached hydrogen (secondary N) is 1. The molecule has 1 N–H and O–H groups in total. The van der Waals surface area contributed by atoms with Crippen LogP contribution >= 0.6 is 0 Å². The second-order valence-corrected chi connectivity index (χ2v) is 3.27. The molecule has 0 saturated carbocycles. The molecule has 0 fully saturated rings. The minimum absolute atomic E-state index is 0. The van der Waals surface area contributed by atoms with E-state index in [9.17, 15) is 4.21 Å². The largest absolute Gasteiger partial charge is 1.00 e. The molecule has 0 radical (unpaired) electrons. The molecule has 4 nitrogen and oxygen atoms in total. The maximum atomic E-state index is 10.9. The Morgan fingerprint density at radius 3 is 2.85 bits per heavy atom. The number of anilines is 1. The first-order chi connectivity index (χ1) is 5.72. The monoisotopic (exact) mass is 314 g/mol. The minimum atomic E-state index is -1.45. The summed E-state index contributed by atoms with van der Waals surface area (Å²) in [5.74, 6) is 0. The molecule has 0 aliphatic rings. The van der Waals surface area contributed by atoms with Gasteiger partial charge in [0.2, 0.25) is 0 Å². The summed E-state index contributed by atoms with van der Waals surface area (Å²) in [6.07, 6.45) is 3.71. The molecular formula is C7H11IN2O2S. The molecule has 1 aromatic rings. The molecule has 6 heteroatoms. The van der Waals surface area contributed by atoms with Crippen molar-refractivity contribution in [3.63, 3.8) is 0 Å². The van der Waals surface area contributed by atoms with Crippen molar-refractivity contribution in [2.45, 2.75) is 0 Å². The van der Waals surface area contributed by atoms with Crippen molar-refractivity contribution in [2.24, 2.45) is 7.05 Å². The van der Waals surface area contributed by atoms with E-state index in [0.29, 0.717) is 0 Å². The van der Waals surface area contributed by atoms with Gasteiger partial charge in [0, 0.05) is 6.07 Å². The van der Waals surface area contributed by atoms with Crippen molar-refractivity contribution in [2.75, 3.05) is 11.8 Å². The zero-order chi connectivity index (χ0) is 8.97.